The molecule has 0 saturated heterocycles. The molecule has 1 aromatic carbocycles. The van der Waals surface area contributed by atoms with Gasteiger partial charge >= 0.3 is 0 Å². The van der Waals surface area contributed by atoms with Crippen molar-refractivity contribution in [3.63, 3.8) is 0 Å². The lowest BCUT2D eigenvalue weighted by atomic mass is 9.89. The van der Waals surface area contributed by atoms with Gasteiger partial charge in [0.05, 0.1) is 0 Å². The van der Waals surface area contributed by atoms with Crippen molar-refractivity contribution in [2.24, 2.45) is 0 Å². The lowest BCUT2D eigenvalue weighted by Gasteiger charge is -2.35. The fourth-order valence-electron chi connectivity index (χ4n) is 3.12. The molecule has 1 aromatic heterocycles. The highest BCUT2D eigenvalue weighted by molar-refractivity contribution is 7.08. The zero-order chi connectivity index (χ0) is 19.1. The average Bonchev–Trinajstić information content (AvgIpc) is 2.60. The van der Waals surface area contributed by atoms with Gasteiger partial charge in [-0.15, -0.1) is 0 Å². The highest BCUT2D eigenvalue weighted by Gasteiger charge is 2.42. The van der Waals surface area contributed by atoms with Crippen molar-refractivity contribution in [1.82, 2.24) is 4.98 Å². The summed E-state index contributed by atoms with van der Waals surface area (Å²) in [6.45, 7) is 10.7. The first-order valence-electron chi connectivity index (χ1n) is 9.11. The molecule has 0 aliphatic heterocycles. The largest absolute Gasteiger partial charge is 0.300 e. The van der Waals surface area contributed by atoms with Gasteiger partial charge in [-0.05, 0) is 47.2 Å². The van der Waals surface area contributed by atoms with E-state index in [-0.39, 0.29) is 16.3 Å². The predicted octanol–water partition coefficient (Wildman–Crippen LogP) is 5.83. The molecule has 1 aliphatic carbocycles. The average molecular weight is 368 g/mol. The molecule has 0 spiro atoms. The van der Waals surface area contributed by atoms with E-state index in [0.717, 1.165) is 35.2 Å². The predicted molar refractivity (Wildman–Crippen MR) is 108 cm³/mol. The van der Waals surface area contributed by atoms with Crippen LogP contribution in [0, 0.1) is 5.82 Å². The Labute approximate surface area is 156 Å². The van der Waals surface area contributed by atoms with Crippen LogP contribution in [0.15, 0.2) is 42.6 Å². The molecule has 2 nitrogen and oxygen atoms in total. The van der Waals surface area contributed by atoms with Crippen LogP contribution in [0.1, 0.15) is 54.4 Å². The zero-order valence-electron chi connectivity index (χ0n) is 16.2. The third kappa shape index (κ3) is 3.30. The summed E-state index contributed by atoms with van der Waals surface area (Å²) < 4.78 is 13.3. The van der Waals surface area contributed by atoms with Crippen molar-refractivity contribution in [3.05, 3.63) is 70.8 Å². The van der Waals surface area contributed by atoms with E-state index >= 15 is 0 Å². The zero-order valence-corrected chi connectivity index (χ0v) is 17.2. The lowest BCUT2D eigenvalue weighted by molar-refractivity contribution is 0.106. The summed E-state index contributed by atoms with van der Waals surface area (Å²) in [5.74, 6) is -0.245. The fraction of sp³-hybridized carbons (Fsp3) is 0.364. The van der Waals surface area contributed by atoms with E-state index in [9.17, 15) is 9.18 Å². The summed E-state index contributed by atoms with van der Waals surface area (Å²) in [7, 11) is -2.15. The maximum Gasteiger partial charge on any atom is 0.142 e. The van der Waals surface area contributed by atoms with Gasteiger partial charge in [-0.3, -0.25) is 4.98 Å². The Hall–Kier alpha value is -2.07. The second-order valence-electron chi connectivity index (χ2n) is 8.59. The van der Waals surface area contributed by atoms with Crippen molar-refractivity contribution >= 4 is 19.1 Å². The van der Waals surface area contributed by atoms with Crippen LogP contribution in [-0.4, -0.2) is 18.5 Å². The number of halogens is 1. The van der Waals surface area contributed by atoms with Gasteiger partial charge in [0.1, 0.15) is 19.3 Å². The van der Waals surface area contributed by atoms with Gasteiger partial charge < -0.3 is 4.79 Å². The maximum atomic E-state index is 13.3. The Balaban J connectivity index is 2.05. The first kappa shape index (κ1) is 18.7. The first-order chi connectivity index (χ1) is 12.1. The molecule has 0 amide bonds. The minimum atomic E-state index is -2.15. The normalized spacial score (nSPS) is 14.6. The van der Waals surface area contributed by atoms with Crippen LogP contribution in [0.5, 0.6) is 0 Å². The number of fused-ring (bicyclic) bond motifs is 1. The van der Waals surface area contributed by atoms with E-state index in [1.807, 2.05) is 6.07 Å². The molecule has 0 saturated carbocycles. The van der Waals surface area contributed by atoms with Crippen LogP contribution in [0.2, 0.25) is 18.1 Å². The monoisotopic (exact) mass is 367 g/mol. The number of carbonyl (C=O) groups excluding carboxylic acids is 1. The van der Waals surface area contributed by atoms with Crippen molar-refractivity contribution in [2.75, 3.05) is 0 Å². The molecule has 1 aliphatic rings. The Morgan fingerprint density at radius 2 is 1.81 bits per heavy atom. The third-order valence-corrected chi connectivity index (χ3v) is 11.0. The molecule has 0 bridgehead atoms. The van der Waals surface area contributed by atoms with Crippen molar-refractivity contribution in [2.45, 2.75) is 51.7 Å². The Bertz CT molecular complexity index is 876. The molecule has 0 fully saturated rings. The number of rotatable bonds is 3. The van der Waals surface area contributed by atoms with Crippen molar-refractivity contribution < 1.29 is 9.18 Å². The molecular formula is C22H26FNOSi. The number of aryl methyl sites for hydroxylation is 1. The fourth-order valence-corrected chi connectivity index (χ4v) is 4.66. The molecule has 1 heterocycles. The molecule has 0 unspecified atom stereocenters. The minimum Gasteiger partial charge on any atom is -0.300 e. The van der Waals surface area contributed by atoms with E-state index in [2.05, 4.69) is 44.9 Å². The van der Waals surface area contributed by atoms with Crippen LogP contribution >= 0.6 is 0 Å². The Morgan fingerprint density at radius 3 is 2.42 bits per heavy atom. The minimum absolute atomic E-state index is 0.0182. The smallest absolute Gasteiger partial charge is 0.142 e. The quantitative estimate of drug-likeness (QED) is 0.639. The lowest BCUT2D eigenvalue weighted by Crippen LogP contribution is -2.46. The van der Waals surface area contributed by atoms with Gasteiger partial charge in [0.15, 0.2) is 0 Å². The van der Waals surface area contributed by atoms with Crippen molar-refractivity contribution in [1.29, 1.82) is 0 Å². The van der Waals surface area contributed by atoms with Crippen LogP contribution in [0.4, 0.5) is 4.39 Å². The topological polar surface area (TPSA) is 30.0 Å². The van der Waals surface area contributed by atoms with Crippen molar-refractivity contribution in [3.8, 4) is 0 Å². The van der Waals surface area contributed by atoms with Gasteiger partial charge in [0, 0.05) is 23.0 Å². The number of hydrogen-bond donors (Lipinski definition) is 0. The van der Waals surface area contributed by atoms with Gasteiger partial charge in [-0.1, -0.05) is 52.1 Å². The molecule has 0 N–H and O–H groups in total. The number of hydrogen-bond acceptors (Lipinski definition) is 2. The molecule has 3 rings (SSSR count). The standard InChI is InChI=1S/C22H26FNOSi/c1-22(2,3)26(4,5)21(25)16-13-19-18(7-6-8-20(19)24-14-16)15-9-11-17(23)12-10-15/h7,9-14H,6,8H2,1-5H3. The van der Waals surface area contributed by atoms with E-state index in [0.29, 0.717) is 5.56 Å². The Kier molecular flexibility index (Phi) is 4.74. The summed E-state index contributed by atoms with van der Waals surface area (Å²) in [5, 5.41) is 0.222. The van der Waals surface area contributed by atoms with Gasteiger partial charge in [-0.25, -0.2) is 4.39 Å². The first-order valence-corrected chi connectivity index (χ1v) is 12.1. The number of allylic oxidation sites excluding steroid dienone is 1. The van der Waals surface area contributed by atoms with Crippen LogP contribution in [0.25, 0.3) is 5.57 Å². The number of pyridine rings is 1. The summed E-state index contributed by atoms with van der Waals surface area (Å²) in [6.07, 6.45) is 5.68. The van der Waals surface area contributed by atoms with Gasteiger partial charge in [0.25, 0.3) is 0 Å². The second-order valence-corrected chi connectivity index (χ2v) is 13.8. The Morgan fingerprint density at radius 1 is 1.15 bits per heavy atom. The van der Waals surface area contributed by atoms with E-state index in [1.165, 1.54) is 12.1 Å². The number of carbonyl (C=O) groups is 1. The SMILES string of the molecule is CC(C)(C)[Si](C)(C)C(=O)c1cnc2c(c1)C(c1ccc(F)cc1)=CCC2. The molecule has 136 valence electrons. The summed E-state index contributed by atoms with van der Waals surface area (Å²) >= 11 is 0. The number of aromatic nitrogens is 1. The summed E-state index contributed by atoms with van der Waals surface area (Å²) in [6, 6.07) is 8.53. The van der Waals surface area contributed by atoms with Crippen LogP contribution in [0.3, 0.4) is 0 Å². The summed E-state index contributed by atoms with van der Waals surface area (Å²) in [4.78, 5) is 17.9. The van der Waals surface area contributed by atoms with E-state index in [4.69, 9.17) is 0 Å². The molecule has 26 heavy (non-hydrogen) atoms. The van der Waals surface area contributed by atoms with Crippen LogP contribution < -0.4 is 0 Å². The number of benzene rings is 1. The highest BCUT2D eigenvalue weighted by Crippen LogP contribution is 2.39. The molecular weight excluding hydrogens is 341 g/mol. The van der Waals surface area contributed by atoms with Gasteiger partial charge in [-0.2, -0.15) is 0 Å². The molecule has 0 radical (unpaired) electrons. The summed E-state index contributed by atoms with van der Waals surface area (Å²) in [5.41, 5.74) is 4.73. The number of nitrogens with zero attached hydrogens (tertiary/aromatic N) is 1. The van der Waals surface area contributed by atoms with Gasteiger partial charge in [0.2, 0.25) is 0 Å². The van der Waals surface area contributed by atoms with E-state index < -0.39 is 8.07 Å². The highest BCUT2D eigenvalue weighted by atomic mass is 28.3. The van der Waals surface area contributed by atoms with Crippen LogP contribution in [-0.2, 0) is 6.42 Å². The third-order valence-electron chi connectivity index (χ3n) is 5.85. The molecule has 4 heteroatoms. The molecule has 0 atom stereocenters. The second kappa shape index (κ2) is 6.58. The van der Waals surface area contributed by atoms with E-state index in [1.54, 1.807) is 18.3 Å². The molecule has 2 aromatic rings. The maximum absolute atomic E-state index is 13.3.